The van der Waals surface area contributed by atoms with E-state index >= 15 is 0 Å². The first-order chi connectivity index (χ1) is 6.32. The van der Waals surface area contributed by atoms with Crippen LogP contribution in [0.15, 0.2) is 24.3 Å². The highest BCUT2D eigenvalue weighted by molar-refractivity contribution is 5.38. The van der Waals surface area contributed by atoms with Crippen molar-refractivity contribution in [2.24, 2.45) is 0 Å². The van der Waals surface area contributed by atoms with E-state index in [0.29, 0.717) is 6.61 Å². The largest absolute Gasteiger partial charge is 0.395 e. The molecule has 0 bridgehead atoms. The van der Waals surface area contributed by atoms with Crippen LogP contribution in [0.1, 0.15) is 30.9 Å². The lowest BCUT2D eigenvalue weighted by molar-refractivity contribution is 0.254. The Balaban J connectivity index is 2.39. The molecule has 2 rings (SSSR count). The topological polar surface area (TPSA) is 20.2 Å². The van der Waals surface area contributed by atoms with Crippen molar-refractivity contribution in [3.05, 3.63) is 35.4 Å². The van der Waals surface area contributed by atoms with E-state index in [4.69, 9.17) is 0 Å². The second kappa shape index (κ2) is 3.15. The van der Waals surface area contributed by atoms with Crippen LogP contribution in [-0.4, -0.2) is 11.7 Å². The van der Waals surface area contributed by atoms with Gasteiger partial charge in [0, 0.05) is 5.41 Å². The molecular weight excluding hydrogens is 160 g/mol. The Morgan fingerprint density at radius 1 is 1.31 bits per heavy atom. The summed E-state index contributed by atoms with van der Waals surface area (Å²) in [5.41, 5.74) is 2.90. The summed E-state index contributed by atoms with van der Waals surface area (Å²) >= 11 is 0. The summed E-state index contributed by atoms with van der Waals surface area (Å²) in [6, 6.07) is 8.49. The summed E-state index contributed by atoms with van der Waals surface area (Å²) < 4.78 is 0. The highest BCUT2D eigenvalue weighted by atomic mass is 16.3. The van der Waals surface area contributed by atoms with E-state index in [0.717, 1.165) is 19.3 Å². The Morgan fingerprint density at radius 3 is 2.54 bits per heavy atom. The average Bonchev–Trinajstić information content (AvgIpc) is 2.98. The fourth-order valence-electron chi connectivity index (χ4n) is 2.01. The van der Waals surface area contributed by atoms with Crippen LogP contribution >= 0.6 is 0 Å². The van der Waals surface area contributed by atoms with Crippen LogP contribution in [-0.2, 0) is 11.8 Å². The van der Waals surface area contributed by atoms with Crippen LogP contribution in [0, 0.1) is 0 Å². The molecule has 1 aromatic rings. The molecule has 13 heavy (non-hydrogen) atoms. The quantitative estimate of drug-likeness (QED) is 0.749. The molecule has 1 fully saturated rings. The number of hydrogen-bond acceptors (Lipinski definition) is 1. The summed E-state index contributed by atoms with van der Waals surface area (Å²) in [5.74, 6) is 0. The van der Waals surface area contributed by atoms with Gasteiger partial charge in [0.05, 0.1) is 6.61 Å². The standard InChI is InChI=1S/C12H16O/c1-2-10-5-3-4-6-11(10)12(9-13)7-8-12/h3-6,13H,2,7-9H2,1H3. The summed E-state index contributed by atoms with van der Waals surface area (Å²) in [6.45, 7) is 2.48. The third kappa shape index (κ3) is 1.37. The van der Waals surface area contributed by atoms with Gasteiger partial charge in [0.15, 0.2) is 0 Å². The predicted octanol–water partition coefficient (Wildman–Crippen LogP) is 2.27. The molecule has 0 atom stereocenters. The van der Waals surface area contributed by atoms with Crippen LogP contribution < -0.4 is 0 Å². The number of aliphatic hydroxyl groups excluding tert-OH is 1. The van der Waals surface area contributed by atoms with Crippen LogP contribution in [0.4, 0.5) is 0 Å². The average molecular weight is 176 g/mol. The van der Waals surface area contributed by atoms with E-state index in [-0.39, 0.29) is 5.41 Å². The molecule has 1 nitrogen and oxygen atoms in total. The van der Waals surface area contributed by atoms with Gasteiger partial charge >= 0.3 is 0 Å². The maximum Gasteiger partial charge on any atom is 0.0528 e. The molecule has 0 spiro atoms. The maximum atomic E-state index is 9.33. The number of benzene rings is 1. The van der Waals surface area contributed by atoms with Gasteiger partial charge in [-0.3, -0.25) is 0 Å². The van der Waals surface area contributed by atoms with Gasteiger partial charge < -0.3 is 5.11 Å². The van der Waals surface area contributed by atoms with Crippen molar-refractivity contribution in [3.63, 3.8) is 0 Å². The Bertz CT molecular complexity index is 300. The molecule has 1 aliphatic rings. The van der Waals surface area contributed by atoms with E-state index in [1.54, 1.807) is 0 Å². The van der Waals surface area contributed by atoms with E-state index in [2.05, 4.69) is 31.2 Å². The second-order valence-corrected chi connectivity index (χ2v) is 3.95. The minimum atomic E-state index is 0.132. The van der Waals surface area contributed by atoms with Gasteiger partial charge in [-0.15, -0.1) is 0 Å². The van der Waals surface area contributed by atoms with Crippen molar-refractivity contribution in [2.45, 2.75) is 31.6 Å². The molecule has 1 heteroatoms. The van der Waals surface area contributed by atoms with Crippen molar-refractivity contribution < 1.29 is 5.11 Å². The van der Waals surface area contributed by atoms with E-state index in [9.17, 15) is 5.11 Å². The number of hydrogen-bond donors (Lipinski definition) is 1. The molecule has 0 amide bonds. The van der Waals surface area contributed by atoms with Gasteiger partial charge in [-0.1, -0.05) is 31.2 Å². The molecule has 0 aromatic heterocycles. The molecule has 0 aliphatic heterocycles. The van der Waals surface area contributed by atoms with Crippen LogP contribution in [0.3, 0.4) is 0 Å². The van der Waals surface area contributed by atoms with Crippen LogP contribution in [0.2, 0.25) is 0 Å². The summed E-state index contributed by atoms with van der Waals surface area (Å²) in [7, 11) is 0. The van der Waals surface area contributed by atoms with Gasteiger partial charge in [0.1, 0.15) is 0 Å². The van der Waals surface area contributed by atoms with Gasteiger partial charge in [0.2, 0.25) is 0 Å². The lowest BCUT2D eigenvalue weighted by Gasteiger charge is -2.15. The third-order valence-corrected chi connectivity index (χ3v) is 3.13. The molecule has 1 saturated carbocycles. The highest BCUT2D eigenvalue weighted by Crippen LogP contribution is 2.48. The normalized spacial score (nSPS) is 18.6. The van der Waals surface area contributed by atoms with Crippen molar-refractivity contribution in [2.75, 3.05) is 6.61 Å². The number of aryl methyl sites for hydroxylation is 1. The zero-order valence-electron chi connectivity index (χ0n) is 8.09. The van der Waals surface area contributed by atoms with Crippen LogP contribution in [0.25, 0.3) is 0 Å². The summed E-state index contributed by atoms with van der Waals surface area (Å²) in [6.07, 6.45) is 3.37. The molecule has 1 N–H and O–H groups in total. The van der Waals surface area contributed by atoms with Crippen molar-refractivity contribution >= 4 is 0 Å². The van der Waals surface area contributed by atoms with Crippen LogP contribution in [0.5, 0.6) is 0 Å². The minimum Gasteiger partial charge on any atom is -0.395 e. The van der Waals surface area contributed by atoms with Gasteiger partial charge in [-0.05, 0) is 30.4 Å². The Hall–Kier alpha value is -0.820. The molecule has 0 unspecified atom stereocenters. The number of rotatable bonds is 3. The number of aliphatic hydroxyl groups is 1. The second-order valence-electron chi connectivity index (χ2n) is 3.95. The Kier molecular flexibility index (Phi) is 2.12. The minimum absolute atomic E-state index is 0.132. The third-order valence-electron chi connectivity index (χ3n) is 3.13. The van der Waals surface area contributed by atoms with E-state index in [1.807, 2.05) is 0 Å². The van der Waals surface area contributed by atoms with E-state index < -0.39 is 0 Å². The van der Waals surface area contributed by atoms with Gasteiger partial charge in [-0.25, -0.2) is 0 Å². The lowest BCUT2D eigenvalue weighted by atomic mass is 9.91. The molecule has 70 valence electrons. The first-order valence-electron chi connectivity index (χ1n) is 5.01. The monoisotopic (exact) mass is 176 g/mol. The SMILES string of the molecule is CCc1ccccc1C1(CO)CC1. The zero-order chi connectivity index (χ0) is 9.31. The highest BCUT2D eigenvalue weighted by Gasteiger charge is 2.44. The first-order valence-corrected chi connectivity index (χ1v) is 5.01. The maximum absolute atomic E-state index is 9.33. The molecule has 0 radical (unpaired) electrons. The zero-order valence-corrected chi connectivity index (χ0v) is 8.09. The van der Waals surface area contributed by atoms with Crippen molar-refractivity contribution in [3.8, 4) is 0 Å². The van der Waals surface area contributed by atoms with Crippen molar-refractivity contribution in [1.82, 2.24) is 0 Å². The fourth-order valence-corrected chi connectivity index (χ4v) is 2.01. The van der Waals surface area contributed by atoms with E-state index in [1.165, 1.54) is 11.1 Å². The smallest absolute Gasteiger partial charge is 0.0528 e. The molecular formula is C12H16O. The first kappa shape index (κ1) is 8.76. The molecule has 1 aliphatic carbocycles. The molecule has 0 heterocycles. The Morgan fingerprint density at radius 2 is 2.00 bits per heavy atom. The van der Waals surface area contributed by atoms with Gasteiger partial charge in [-0.2, -0.15) is 0 Å². The Labute approximate surface area is 79.4 Å². The molecule has 1 aromatic carbocycles. The molecule has 0 saturated heterocycles. The summed E-state index contributed by atoms with van der Waals surface area (Å²) in [4.78, 5) is 0. The van der Waals surface area contributed by atoms with Crippen molar-refractivity contribution in [1.29, 1.82) is 0 Å². The van der Waals surface area contributed by atoms with Gasteiger partial charge in [0.25, 0.3) is 0 Å². The lowest BCUT2D eigenvalue weighted by Crippen LogP contribution is -2.14. The summed E-state index contributed by atoms with van der Waals surface area (Å²) in [5, 5.41) is 9.33. The predicted molar refractivity (Wildman–Crippen MR) is 53.8 cm³/mol. The fraction of sp³-hybridized carbons (Fsp3) is 0.500.